The first-order valence-electron chi connectivity index (χ1n) is 15.7. The molecule has 1 unspecified atom stereocenters. The Hall–Kier alpha value is -5.20. The van der Waals surface area contributed by atoms with Crippen LogP contribution in [0.4, 0.5) is 0 Å². The molecule has 7 aromatic carbocycles. The number of rotatable bonds is 5. The maximum atomic E-state index is 4.24. The minimum absolute atomic E-state index is 0.0124. The van der Waals surface area contributed by atoms with Crippen molar-refractivity contribution in [1.29, 1.82) is 0 Å². The Kier molecular flexibility index (Phi) is 6.50. The molecular weight excluding hydrogens is 528 g/mol. The van der Waals surface area contributed by atoms with Crippen LogP contribution in [-0.2, 0) is 6.42 Å². The summed E-state index contributed by atoms with van der Waals surface area (Å²) in [6.45, 7) is 6.34. The molecule has 1 aliphatic carbocycles. The molecular formula is C44H34. The van der Waals surface area contributed by atoms with Gasteiger partial charge in [0.05, 0.1) is 0 Å². The maximum absolute atomic E-state index is 4.24. The van der Waals surface area contributed by atoms with Crippen molar-refractivity contribution in [3.8, 4) is 0 Å². The smallest absolute Gasteiger partial charge is 0.0358 e. The van der Waals surface area contributed by atoms with Crippen molar-refractivity contribution in [3.05, 3.63) is 173 Å². The monoisotopic (exact) mass is 562 g/mol. The molecule has 0 amide bonds. The summed E-state index contributed by atoms with van der Waals surface area (Å²) in [5.41, 5.74) is 9.28. The van der Waals surface area contributed by atoms with Gasteiger partial charge in [0.1, 0.15) is 0 Å². The molecule has 0 heteroatoms. The zero-order valence-electron chi connectivity index (χ0n) is 25.1. The average molecular weight is 563 g/mol. The molecule has 0 saturated heterocycles. The van der Waals surface area contributed by atoms with E-state index in [4.69, 9.17) is 0 Å². The Morgan fingerprint density at radius 3 is 1.91 bits per heavy atom. The first-order chi connectivity index (χ1) is 21.8. The van der Waals surface area contributed by atoms with Gasteiger partial charge in [-0.1, -0.05) is 134 Å². The van der Waals surface area contributed by atoms with Crippen LogP contribution in [0.25, 0.3) is 61.3 Å². The molecule has 0 bridgehead atoms. The Balaban J connectivity index is 1.58. The van der Waals surface area contributed by atoms with Gasteiger partial charge in [-0.2, -0.15) is 0 Å². The molecule has 0 heterocycles. The second-order valence-corrected chi connectivity index (χ2v) is 11.9. The molecule has 1 atom stereocenters. The Labute approximate surface area is 259 Å². The summed E-state index contributed by atoms with van der Waals surface area (Å²) < 4.78 is 0. The number of fused-ring (bicyclic) bond motifs is 7. The topological polar surface area (TPSA) is 0 Å². The SMILES string of the molecule is C=Cc1c(/C=C\C)cc(C(c2cc3ccccc3c3c2C=CCC3)c2cc3ccccc3c3ccccc23)c2ccccc12. The van der Waals surface area contributed by atoms with Crippen LogP contribution in [0.5, 0.6) is 0 Å². The summed E-state index contributed by atoms with van der Waals surface area (Å²) in [6.07, 6.45) is 13.3. The quantitative estimate of drug-likeness (QED) is 0.145. The van der Waals surface area contributed by atoms with Crippen molar-refractivity contribution >= 4 is 61.3 Å². The van der Waals surface area contributed by atoms with Crippen LogP contribution in [0.3, 0.4) is 0 Å². The summed E-state index contributed by atoms with van der Waals surface area (Å²) in [5.74, 6) is 0.0124. The predicted octanol–water partition coefficient (Wildman–Crippen LogP) is 12.1. The Morgan fingerprint density at radius 1 is 0.614 bits per heavy atom. The highest BCUT2D eigenvalue weighted by Crippen LogP contribution is 2.46. The van der Waals surface area contributed by atoms with Gasteiger partial charge in [-0.3, -0.25) is 0 Å². The van der Waals surface area contributed by atoms with Gasteiger partial charge < -0.3 is 0 Å². The molecule has 0 aliphatic heterocycles. The lowest BCUT2D eigenvalue weighted by Gasteiger charge is -2.28. The van der Waals surface area contributed by atoms with Crippen molar-refractivity contribution in [3.63, 3.8) is 0 Å². The van der Waals surface area contributed by atoms with Gasteiger partial charge in [0, 0.05) is 5.92 Å². The van der Waals surface area contributed by atoms with Gasteiger partial charge in [0.2, 0.25) is 0 Å². The normalized spacial score (nSPS) is 13.7. The van der Waals surface area contributed by atoms with Crippen LogP contribution in [0, 0.1) is 0 Å². The highest BCUT2D eigenvalue weighted by Gasteiger charge is 2.28. The minimum Gasteiger partial charge on any atom is -0.0984 e. The lowest BCUT2D eigenvalue weighted by molar-refractivity contribution is 0.955. The predicted molar refractivity (Wildman–Crippen MR) is 192 cm³/mol. The van der Waals surface area contributed by atoms with E-state index in [1.807, 2.05) is 6.08 Å². The molecule has 0 spiro atoms. The zero-order valence-corrected chi connectivity index (χ0v) is 25.1. The summed E-state index contributed by atoms with van der Waals surface area (Å²) in [5, 5.41) is 10.4. The van der Waals surface area contributed by atoms with Crippen molar-refractivity contribution in [2.75, 3.05) is 0 Å². The van der Waals surface area contributed by atoms with Crippen LogP contribution in [0.15, 0.2) is 134 Å². The fraction of sp³-hybridized carbons (Fsp3) is 0.0909. The Morgan fingerprint density at radius 2 is 1.18 bits per heavy atom. The van der Waals surface area contributed by atoms with E-state index >= 15 is 0 Å². The van der Waals surface area contributed by atoms with E-state index < -0.39 is 0 Å². The summed E-state index contributed by atoms with van der Waals surface area (Å²) in [6, 6.07) is 43.0. The van der Waals surface area contributed by atoms with E-state index in [1.54, 1.807) is 0 Å². The van der Waals surface area contributed by atoms with E-state index in [2.05, 4.69) is 153 Å². The molecule has 7 aromatic rings. The van der Waals surface area contributed by atoms with Gasteiger partial charge in [0.15, 0.2) is 0 Å². The van der Waals surface area contributed by atoms with Crippen LogP contribution in [0.2, 0.25) is 0 Å². The van der Waals surface area contributed by atoms with E-state index in [0.29, 0.717) is 0 Å². The highest BCUT2D eigenvalue weighted by atomic mass is 14.3. The molecule has 0 radical (unpaired) electrons. The summed E-state index contributed by atoms with van der Waals surface area (Å²) >= 11 is 0. The fourth-order valence-corrected chi connectivity index (χ4v) is 7.65. The minimum atomic E-state index is 0.0124. The van der Waals surface area contributed by atoms with E-state index in [-0.39, 0.29) is 5.92 Å². The van der Waals surface area contributed by atoms with Gasteiger partial charge in [-0.05, 0) is 120 Å². The second kappa shape index (κ2) is 10.8. The third kappa shape index (κ3) is 4.13. The van der Waals surface area contributed by atoms with Crippen molar-refractivity contribution in [1.82, 2.24) is 0 Å². The van der Waals surface area contributed by atoms with Crippen molar-refractivity contribution < 1.29 is 0 Å². The second-order valence-electron chi connectivity index (χ2n) is 11.9. The molecule has 0 N–H and O–H groups in total. The number of aryl methyl sites for hydroxylation is 1. The van der Waals surface area contributed by atoms with Gasteiger partial charge in [-0.25, -0.2) is 0 Å². The lowest BCUT2D eigenvalue weighted by atomic mass is 9.74. The first kappa shape index (κ1) is 26.4. The van der Waals surface area contributed by atoms with Gasteiger partial charge in [0.25, 0.3) is 0 Å². The molecule has 44 heavy (non-hydrogen) atoms. The maximum Gasteiger partial charge on any atom is 0.0358 e. The third-order valence-corrected chi connectivity index (χ3v) is 9.51. The van der Waals surface area contributed by atoms with Crippen LogP contribution >= 0.6 is 0 Å². The molecule has 0 nitrogen and oxygen atoms in total. The molecule has 8 rings (SSSR count). The number of benzene rings is 7. The molecule has 0 saturated carbocycles. The largest absolute Gasteiger partial charge is 0.0984 e. The highest BCUT2D eigenvalue weighted by molar-refractivity contribution is 6.10. The Bertz CT molecular complexity index is 2310. The van der Waals surface area contributed by atoms with Crippen molar-refractivity contribution in [2.45, 2.75) is 25.7 Å². The summed E-state index contributed by atoms with van der Waals surface area (Å²) in [7, 11) is 0. The van der Waals surface area contributed by atoms with Crippen LogP contribution < -0.4 is 0 Å². The first-order valence-corrected chi connectivity index (χ1v) is 15.7. The zero-order chi connectivity index (χ0) is 29.6. The van der Waals surface area contributed by atoms with Gasteiger partial charge in [-0.15, -0.1) is 0 Å². The van der Waals surface area contributed by atoms with E-state index in [0.717, 1.165) is 12.8 Å². The van der Waals surface area contributed by atoms with E-state index in [9.17, 15) is 0 Å². The average Bonchev–Trinajstić information content (AvgIpc) is 3.08. The third-order valence-electron chi connectivity index (χ3n) is 9.51. The fourth-order valence-electron chi connectivity index (χ4n) is 7.65. The molecule has 1 aliphatic rings. The standard InChI is InChI=1S/C44H34/c1-3-15-29-26-41(38-23-12-9-20-35(38)32(29)4-2)44(42-27-30-16-5-7-18-33(30)36-21-10-13-24-39(36)42)43-28-31-17-6-8-19-34(31)37-22-11-14-25-40(37)43/h3-10,12-21,23-28,44H,2,11,22H2,1H3/b15-3-. The molecule has 0 aromatic heterocycles. The number of hydrogen-bond donors (Lipinski definition) is 0. The summed E-state index contributed by atoms with van der Waals surface area (Å²) in [4.78, 5) is 0. The molecule has 210 valence electrons. The molecule has 0 fully saturated rings. The van der Waals surface area contributed by atoms with Gasteiger partial charge >= 0.3 is 0 Å². The van der Waals surface area contributed by atoms with Crippen LogP contribution in [-0.4, -0.2) is 0 Å². The lowest BCUT2D eigenvalue weighted by Crippen LogP contribution is -2.11. The van der Waals surface area contributed by atoms with Crippen LogP contribution in [0.1, 0.15) is 58.2 Å². The van der Waals surface area contributed by atoms with E-state index in [1.165, 1.54) is 82.0 Å². The number of allylic oxidation sites excluding steroid dienone is 2. The number of hydrogen-bond acceptors (Lipinski definition) is 0. The van der Waals surface area contributed by atoms with Crippen molar-refractivity contribution in [2.24, 2.45) is 0 Å².